The van der Waals surface area contributed by atoms with Crippen molar-refractivity contribution in [1.29, 1.82) is 0 Å². The zero-order valence-electron chi connectivity index (χ0n) is 9.79. The summed E-state index contributed by atoms with van der Waals surface area (Å²) in [6.07, 6.45) is 1.65. The number of amides is 1. The van der Waals surface area contributed by atoms with Crippen LogP contribution in [0.1, 0.15) is 29.2 Å². The average molecular weight is 302 g/mol. The minimum Gasteiger partial charge on any atom is -0.456 e. The van der Waals surface area contributed by atoms with Gasteiger partial charge in [0, 0.05) is 18.5 Å². The molecule has 0 aromatic carbocycles. The largest absolute Gasteiger partial charge is 0.456 e. The van der Waals surface area contributed by atoms with Crippen molar-refractivity contribution in [1.82, 2.24) is 5.32 Å². The van der Waals surface area contributed by atoms with Crippen LogP contribution in [-0.4, -0.2) is 30.0 Å². The molecule has 1 amide bonds. The van der Waals surface area contributed by atoms with E-state index in [0.717, 1.165) is 23.9 Å². The zero-order valence-corrected chi connectivity index (χ0v) is 11.4. The highest BCUT2D eigenvalue weighted by Crippen LogP contribution is 2.23. The molecule has 0 radical (unpaired) electrons. The van der Waals surface area contributed by atoms with Crippen molar-refractivity contribution in [2.45, 2.75) is 25.3 Å². The van der Waals surface area contributed by atoms with E-state index in [2.05, 4.69) is 21.2 Å². The van der Waals surface area contributed by atoms with Crippen LogP contribution < -0.4 is 5.32 Å². The lowest BCUT2D eigenvalue weighted by Gasteiger charge is -2.36. The molecule has 1 aliphatic rings. The first-order chi connectivity index (χ1) is 8.15. The summed E-state index contributed by atoms with van der Waals surface area (Å²) >= 11 is 3.47. The Morgan fingerprint density at radius 2 is 2.18 bits per heavy atom. The van der Waals surface area contributed by atoms with Crippen LogP contribution in [0.5, 0.6) is 0 Å². The number of carbonyl (C=O) groups excluding carboxylic acids is 1. The first kappa shape index (κ1) is 12.6. The summed E-state index contributed by atoms with van der Waals surface area (Å²) in [6.45, 7) is 3.19. The number of hydrogen-bond donors (Lipinski definition) is 1. The normalized spacial score (nSPS) is 18.9. The smallest absolute Gasteiger partial charge is 0.287 e. The molecule has 2 rings (SSSR count). The lowest BCUT2D eigenvalue weighted by molar-refractivity contribution is 0.0433. The van der Waals surface area contributed by atoms with Crippen molar-refractivity contribution < 1.29 is 13.9 Å². The van der Waals surface area contributed by atoms with Crippen molar-refractivity contribution in [2.75, 3.05) is 18.5 Å². The second-order valence-corrected chi connectivity index (χ2v) is 4.95. The highest BCUT2D eigenvalue weighted by molar-refractivity contribution is 9.09. The van der Waals surface area contributed by atoms with Gasteiger partial charge in [0.1, 0.15) is 5.76 Å². The molecule has 1 saturated heterocycles. The highest BCUT2D eigenvalue weighted by Gasteiger charge is 2.33. The van der Waals surface area contributed by atoms with Gasteiger partial charge in [-0.2, -0.15) is 0 Å². The molecule has 0 bridgehead atoms. The molecule has 1 aromatic heterocycles. The van der Waals surface area contributed by atoms with E-state index in [-0.39, 0.29) is 11.4 Å². The van der Waals surface area contributed by atoms with Crippen molar-refractivity contribution >= 4 is 21.8 Å². The number of alkyl halides is 1. The molecule has 0 saturated carbocycles. The molecule has 17 heavy (non-hydrogen) atoms. The predicted molar refractivity (Wildman–Crippen MR) is 67.5 cm³/mol. The van der Waals surface area contributed by atoms with E-state index in [9.17, 15) is 4.79 Å². The first-order valence-electron chi connectivity index (χ1n) is 5.68. The van der Waals surface area contributed by atoms with Crippen molar-refractivity contribution in [2.24, 2.45) is 0 Å². The molecule has 1 N–H and O–H groups in total. The summed E-state index contributed by atoms with van der Waals surface area (Å²) in [6, 6.07) is 3.49. The Balaban J connectivity index is 2.05. The topological polar surface area (TPSA) is 51.5 Å². The molecule has 5 heteroatoms. The molecule has 1 aliphatic heterocycles. The van der Waals surface area contributed by atoms with Crippen LogP contribution in [0, 0.1) is 6.92 Å². The van der Waals surface area contributed by atoms with Crippen LogP contribution in [0.3, 0.4) is 0 Å². The summed E-state index contributed by atoms with van der Waals surface area (Å²) in [5, 5.41) is 3.78. The van der Waals surface area contributed by atoms with E-state index in [1.807, 2.05) is 6.92 Å². The molecule has 0 aliphatic carbocycles. The van der Waals surface area contributed by atoms with Gasteiger partial charge in [-0.15, -0.1) is 0 Å². The van der Waals surface area contributed by atoms with Crippen molar-refractivity contribution in [3.05, 3.63) is 23.7 Å². The van der Waals surface area contributed by atoms with Gasteiger partial charge in [0.15, 0.2) is 5.76 Å². The van der Waals surface area contributed by atoms with Gasteiger partial charge in [0.25, 0.3) is 5.91 Å². The molecule has 94 valence electrons. The third-order valence-electron chi connectivity index (χ3n) is 3.05. The van der Waals surface area contributed by atoms with Crippen LogP contribution in [0.2, 0.25) is 0 Å². The lowest BCUT2D eigenvalue weighted by atomic mass is 9.92. The van der Waals surface area contributed by atoms with Crippen LogP contribution >= 0.6 is 15.9 Å². The average Bonchev–Trinajstić information content (AvgIpc) is 2.77. The number of ether oxygens (including phenoxy) is 1. The van der Waals surface area contributed by atoms with Gasteiger partial charge < -0.3 is 14.5 Å². The van der Waals surface area contributed by atoms with E-state index < -0.39 is 0 Å². The van der Waals surface area contributed by atoms with E-state index in [1.165, 1.54) is 0 Å². The third-order valence-corrected chi connectivity index (χ3v) is 4.12. The molecular weight excluding hydrogens is 286 g/mol. The van der Waals surface area contributed by atoms with Gasteiger partial charge in [0.2, 0.25) is 0 Å². The minimum atomic E-state index is -0.212. The van der Waals surface area contributed by atoms with E-state index in [4.69, 9.17) is 9.15 Å². The molecule has 1 aromatic rings. The Kier molecular flexibility index (Phi) is 3.89. The summed E-state index contributed by atoms with van der Waals surface area (Å²) in [5.41, 5.74) is -0.212. The number of aryl methyl sites for hydroxylation is 1. The second-order valence-electron chi connectivity index (χ2n) is 4.39. The number of carbonyl (C=O) groups is 1. The Bertz CT molecular complexity index is 396. The Hall–Kier alpha value is -0.810. The number of halogens is 1. The summed E-state index contributed by atoms with van der Waals surface area (Å²) in [5.74, 6) is 0.962. The van der Waals surface area contributed by atoms with Gasteiger partial charge in [0.05, 0.1) is 5.54 Å². The maximum absolute atomic E-state index is 12.0. The monoisotopic (exact) mass is 301 g/mol. The number of nitrogens with one attached hydrogen (secondary N) is 1. The fourth-order valence-corrected chi connectivity index (χ4v) is 2.61. The fourth-order valence-electron chi connectivity index (χ4n) is 1.91. The number of hydrogen-bond acceptors (Lipinski definition) is 3. The lowest BCUT2D eigenvalue weighted by Crippen LogP contribution is -2.53. The molecule has 0 atom stereocenters. The van der Waals surface area contributed by atoms with Crippen LogP contribution in [-0.2, 0) is 4.74 Å². The van der Waals surface area contributed by atoms with Crippen molar-refractivity contribution in [3.8, 4) is 0 Å². The Labute approximate surface area is 109 Å². The first-order valence-corrected chi connectivity index (χ1v) is 6.80. The third kappa shape index (κ3) is 2.90. The van der Waals surface area contributed by atoms with E-state index in [0.29, 0.717) is 19.0 Å². The van der Waals surface area contributed by atoms with Gasteiger partial charge in [-0.25, -0.2) is 0 Å². The van der Waals surface area contributed by atoms with Crippen LogP contribution in [0.25, 0.3) is 0 Å². The molecule has 1 fully saturated rings. The Morgan fingerprint density at radius 1 is 1.47 bits per heavy atom. The molecule has 2 heterocycles. The molecule has 4 nitrogen and oxygen atoms in total. The van der Waals surface area contributed by atoms with Gasteiger partial charge in [-0.1, -0.05) is 15.9 Å². The zero-order chi connectivity index (χ0) is 12.3. The van der Waals surface area contributed by atoms with E-state index >= 15 is 0 Å². The van der Waals surface area contributed by atoms with Gasteiger partial charge >= 0.3 is 0 Å². The second kappa shape index (κ2) is 5.23. The minimum absolute atomic E-state index is 0.153. The number of rotatable bonds is 3. The van der Waals surface area contributed by atoms with Crippen LogP contribution in [0.15, 0.2) is 16.5 Å². The highest BCUT2D eigenvalue weighted by atomic mass is 79.9. The standard InChI is InChI=1S/C12H16BrNO3/c1-9-2-3-10(17-9)11(15)14-12(8-13)4-6-16-7-5-12/h2-3H,4-8H2,1H3,(H,14,15). The summed E-state index contributed by atoms with van der Waals surface area (Å²) < 4.78 is 10.6. The maximum Gasteiger partial charge on any atom is 0.287 e. The summed E-state index contributed by atoms with van der Waals surface area (Å²) in [4.78, 5) is 12.0. The Morgan fingerprint density at radius 3 is 2.71 bits per heavy atom. The van der Waals surface area contributed by atoms with Crippen LogP contribution in [0.4, 0.5) is 0 Å². The van der Waals surface area contributed by atoms with Gasteiger partial charge in [-0.05, 0) is 31.9 Å². The predicted octanol–water partition coefficient (Wildman–Crippen LogP) is 2.26. The SMILES string of the molecule is Cc1ccc(C(=O)NC2(CBr)CCOCC2)o1. The molecule has 0 unspecified atom stereocenters. The fraction of sp³-hybridized carbons (Fsp3) is 0.583. The number of furan rings is 1. The van der Waals surface area contributed by atoms with E-state index in [1.54, 1.807) is 12.1 Å². The summed E-state index contributed by atoms with van der Waals surface area (Å²) in [7, 11) is 0. The quantitative estimate of drug-likeness (QED) is 0.871. The maximum atomic E-state index is 12.0. The van der Waals surface area contributed by atoms with Gasteiger partial charge in [-0.3, -0.25) is 4.79 Å². The molecular formula is C12H16BrNO3. The molecule has 0 spiro atoms. The van der Waals surface area contributed by atoms with Crippen molar-refractivity contribution in [3.63, 3.8) is 0 Å².